The van der Waals surface area contributed by atoms with Crippen molar-refractivity contribution < 1.29 is 4.39 Å². The average Bonchev–Trinajstić information content (AvgIpc) is 2.47. The highest BCUT2D eigenvalue weighted by atomic mass is 19.1. The summed E-state index contributed by atoms with van der Waals surface area (Å²) in [6, 6.07) is 7.28. The lowest BCUT2D eigenvalue weighted by atomic mass is 9.87. The monoisotopic (exact) mass is 260 g/mol. The van der Waals surface area contributed by atoms with Gasteiger partial charge in [0, 0.05) is 5.69 Å². The highest BCUT2D eigenvalue weighted by Gasteiger charge is 2.49. The second-order valence-electron chi connectivity index (χ2n) is 6.67. The van der Waals surface area contributed by atoms with Crippen LogP contribution in [0.25, 0.3) is 0 Å². The lowest BCUT2D eigenvalue weighted by Gasteiger charge is -2.29. The summed E-state index contributed by atoms with van der Waals surface area (Å²) in [5.74, 6) is -0.0171. The molecule has 0 saturated heterocycles. The molecule has 0 aliphatic heterocycles. The van der Waals surface area contributed by atoms with Gasteiger partial charge in [-0.2, -0.15) is 5.26 Å². The molecule has 2 nitrogen and oxygen atoms in total. The maximum atomic E-state index is 13.5. The molecule has 3 heteroatoms. The molecule has 2 unspecified atom stereocenters. The lowest BCUT2D eigenvalue weighted by Crippen LogP contribution is -2.39. The number of anilines is 1. The van der Waals surface area contributed by atoms with Crippen LogP contribution in [0.1, 0.15) is 39.2 Å². The lowest BCUT2D eigenvalue weighted by molar-refractivity contribution is 0.363. The maximum absolute atomic E-state index is 13.5. The third kappa shape index (κ3) is 2.73. The maximum Gasteiger partial charge on any atom is 0.128 e. The summed E-state index contributed by atoms with van der Waals surface area (Å²) in [5, 5.41) is 12.9. The van der Waals surface area contributed by atoms with Gasteiger partial charge in [0.25, 0.3) is 0 Å². The molecular weight excluding hydrogens is 239 g/mol. The van der Waals surface area contributed by atoms with Crippen LogP contribution in [0.15, 0.2) is 18.2 Å². The Morgan fingerprint density at radius 3 is 2.53 bits per heavy atom. The van der Waals surface area contributed by atoms with E-state index >= 15 is 0 Å². The Bertz CT molecular complexity index is 510. The second kappa shape index (κ2) is 4.52. The van der Waals surface area contributed by atoms with E-state index in [0.717, 1.165) is 18.4 Å². The highest BCUT2D eigenvalue weighted by Crippen LogP contribution is 2.48. The molecule has 0 heterocycles. The third-order valence-corrected chi connectivity index (χ3v) is 4.07. The first-order chi connectivity index (χ1) is 8.76. The van der Waals surface area contributed by atoms with Crippen molar-refractivity contribution in [3.8, 4) is 6.07 Å². The molecule has 1 aromatic carbocycles. The Hall–Kier alpha value is -1.56. The van der Waals surface area contributed by atoms with Crippen molar-refractivity contribution in [3.63, 3.8) is 0 Å². The number of benzene rings is 1. The topological polar surface area (TPSA) is 35.8 Å². The number of aryl methyl sites for hydroxylation is 1. The molecule has 0 amide bonds. The van der Waals surface area contributed by atoms with Gasteiger partial charge in [-0.05, 0) is 54.9 Å². The van der Waals surface area contributed by atoms with Crippen LogP contribution >= 0.6 is 0 Å². The Balaban J connectivity index is 2.32. The van der Waals surface area contributed by atoms with Gasteiger partial charge in [-0.25, -0.2) is 4.39 Å². The largest absolute Gasteiger partial charge is 0.367 e. The van der Waals surface area contributed by atoms with Gasteiger partial charge in [-0.3, -0.25) is 0 Å². The molecule has 2 atom stereocenters. The van der Waals surface area contributed by atoms with E-state index in [1.165, 1.54) is 12.1 Å². The molecule has 0 radical (unpaired) electrons. The summed E-state index contributed by atoms with van der Waals surface area (Å²) in [5.41, 5.74) is 1.11. The van der Waals surface area contributed by atoms with Gasteiger partial charge in [0.2, 0.25) is 0 Å². The van der Waals surface area contributed by atoms with Gasteiger partial charge in [-0.15, -0.1) is 0 Å². The van der Waals surface area contributed by atoms with Crippen molar-refractivity contribution in [1.82, 2.24) is 0 Å². The molecule has 1 aromatic rings. The number of nitrogens with one attached hydrogen (secondary N) is 1. The average molecular weight is 260 g/mol. The van der Waals surface area contributed by atoms with Gasteiger partial charge in [0.15, 0.2) is 0 Å². The first-order valence-corrected chi connectivity index (χ1v) is 6.73. The van der Waals surface area contributed by atoms with Crippen LogP contribution in [0.2, 0.25) is 0 Å². The predicted molar refractivity (Wildman–Crippen MR) is 75.3 cm³/mol. The molecule has 1 aliphatic carbocycles. The van der Waals surface area contributed by atoms with E-state index in [1.54, 1.807) is 0 Å². The summed E-state index contributed by atoms with van der Waals surface area (Å²) in [6.45, 7) is 8.31. The van der Waals surface area contributed by atoms with Crippen LogP contribution in [0, 0.1) is 35.4 Å². The number of hydrogen-bond donors (Lipinski definition) is 1. The molecule has 1 saturated carbocycles. The fourth-order valence-corrected chi connectivity index (χ4v) is 3.42. The fourth-order valence-electron chi connectivity index (χ4n) is 3.42. The molecule has 19 heavy (non-hydrogen) atoms. The Kier molecular flexibility index (Phi) is 3.30. The smallest absolute Gasteiger partial charge is 0.128 e. The summed E-state index contributed by atoms with van der Waals surface area (Å²) in [6.07, 6.45) is 1.79. The second-order valence-corrected chi connectivity index (χ2v) is 6.67. The van der Waals surface area contributed by atoms with Crippen LogP contribution in [0.5, 0.6) is 0 Å². The quantitative estimate of drug-likeness (QED) is 0.862. The molecule has 0 bridgehead atoms. The Labute approximate surface area is 114 Å². The molecular formula is C16H21FN2. The van der Waals surface area contributed by atoms with Crippen LogP contribution in [0.3, 0.4) is 0 Å². The molecule has 1 fully saturated rings. The van der Waals surface area contributed by atoms with E-state index in [1.807, 2.05) is 13.0 Å². The molecule has 0 spiro atoms. The number of rotatable bonds is 2. The van der Waals surface area contributed by atoms with Crippen LogP contribution in [-0.2, 0) is 0 Å². The molecule has 1 N–H and O–H groups in total. The number of hydrogen-bond acceptors (Lipinski definition) is 2. The minimum atomic E-state index is -0.594. The number of nitriles is 1. The Morgan fingerprint density at radius 2 is 2.05 bits per heavy atom. The molecule has 102 valence electrons. The third-order valence-electron chi connectivity index (χ3n) is 4.07. The summed E-state index contributed by atoms with van der Waals surface area (Å²) in [4.78, 5) is 0. The zero-order chi connectivity index (χ0) is 14.3. The summed E-state index contributed by atoms with van der Waals surface area (Å²) in [7, 11) is 0. The molecule has 0 aromatic heterocycles. The van der Waals surface area contributed by atoms with Gasteiger partial charge in [-0.1, -0.05) is 20.8 Å². The van der Waals surface area contributed by atoms with E-state index in [0.29, 0.717) is 5.69 Å². The van der Waals surface area contributed by atoms with Crippen molar-refractivity contribution in [2.45, 2.75) is 46.1 Å². The Morgan fingerprint density at radius 1 is 1.37 bits per heavy atom. The van der Waals surface area contributed by atoms with Gasteiger partial charge < -0.3 is 5.32 Å². The van der Waals surface area contributed by atoms with Crippen LogP contribution in [0.4, 0.5) is 10.1 Å². The van der Waals surface area contributed by atoms with Gasteiger partial charge in [0.05, 0.1) is 6.07 Å². The molecule has 2 rings (SSSR count). The zero-order valence-corrected chi connectivity index (χ0v) is 12.0. The minimum Gasteiger partial charge on any atom is -0.367 e. The first kappa shape index (κ1) is 13.9. The normalized spacial score (nSPS) is 28.9. The molecule has 1 aliphatic rings. The predicted octanol–water partition coefficient (Wildman–Crippen LogP) is 4.26. The van der Waals surface area contributed by atoms with Crippen molar-refractivity contribution >= 4 is 5.69 Å². The zero-order valence-electron chi connectivity index (χ0n) is 12.0. The minimum absolute atomic E-state index is 0.143. The van der Waals surface area contributed by atoms with Crippen molar-refractivity contribution in [2.24, 2.45) is 11.3 Å². The van der Waals surface area contributed by atoms with Crippen molar-refractivity contribution in [2.75, 3.05) is 5.32 Å². The van der Waals surface area contributed by atoms with E-state index in [-0.39, 0.29) is 17.2 Å². The first-order valence-electron chi connectivity index (χ1n) is 6.73. The van der Waals surface area contributed by atoms with Crippen molar-refractivity contribution in [3.05, 3.63) is 29.6 Å². The fraction of sp³-hybridized carbons (Fsp3) is 0.562. The van der Waals surface area contributed by atoms with E-state index in [9.17, 15) is 9.65 Å². The standard InChI is InChI=1S/C16H21FN2/c1-11-5-13(17)7-14(6-11)19-16(10-18)9-15(3,4)8-12(16)2/h5-7,12,19H,8-9H2,1-4H3. The SMILES string of the molecule is Cc1cc(F)cc(NC2(C#N)CC(C)(C)CC2C)c1. The summed E-state index contributed by atoms with van der Waals surface area (Å²) < 4.78 is 13.5. The number of nitrogens with zero attached hydrogens (tertiary/aromatic N) is 1. The van der Waals surface area contributed by atoms with Gasteiger partial charge in [0.1, 0.15) is 11.4 Å². The van der Waals surface area contributed by atoms with Gasteiger partial charge >= 0.3 is 0 Å². The number of halogens is 1. The van der Waals surface area contributed by atoms with E-state index in [2.05, 4.69) is 32.2 Å². The van der Waals surface area contributed by atoms with Crippen LogP contribution < -0.4 is 5.32 Å². The van der Waals surface area contributed by atoms with E-state index in [4.69, 9.17) is 0 Å². The van der Waals surface area contributed by atoms with E-state index < -0.39 is 5.54 Å². The van der Waals surface area contributed by atoms with Crippen molar-refractivity contribution in [1.29, 1.82) is 5.26 Å². The summed E-state index contributed by atoms with van der Waals surface area (Å²) >= 11 is 0. The highest BCUT2D eigenvalue weighted by molar-refractivity contribution is 5.51. The van der Waals surface area contributed by atoms with Crippen LogP contribution in [-0.4, -0.2) is 5.54 Å².